The van der Waals surface area contributed by atoms with Gasteiger partial charge in [-0.05, 0) is 36.7 Å². The fourth-order valence-corrected chi connectivity index (χ4v) is 4.34. The van der Waals surface area contributed by atoms with Crippen LogP contribution < -0.4 is 10.1 Å². The number of nitrogens with one attached hydrogen (secondary N) is 1. The Labute approximate surface area is 154 Å². The van der Waals surface area contributed by atoms with Crippen molar-refractivity contribution < 1.29 is 14.3 Å². The van der Waals surface area contributed by atoms with Crippen molar-refractivity contribution in [1.29, 1.82) is 0 Å². The molecule has 0 aromatic carbocycles. The third-order valence-corrected chi connectivity index (χ3v) is 5.23. The fraction of sp³-hybridized carbons (Fsp3) is 0.684. The van der Waals surface area contributed by atoms with Crippen molar-refractivity contribution in [2.45, 2.75) is 58.6 Å². The van der Waals surface area contributed by atoms with E-state index in [0.717, 1.165) is 19.3 Å². The van der Waals surface area contributed by atoms with Crippen LogP contribution in [0.2, 0.25) is 5.02 Å². The number of carbonyl (C=O) groups excluding carboxylic acids is 1. The number of amides is 1. The lowest BCUT2D eigenvalue weighted by Gasteiger charge is -2.39. The van der Waals surface area contributed by atoms with Gasteiger partial charge in [-0.15, -0.1) is 0 Å². The van der Waals surface area contributed by atoms with Crippen LogP contribution in [0.15, 0.2) is 12.3 Å². The van der Waals surface area contributed by atoms with Gasteiger partial charge >= 0.3 is 0 Å². The molecule has 1 aromatic heterocycles. The Balaban J connectivity index is 1.63. The number of nitrogens with zero attached hydrogens (tertiary/aromatic N) is 1. The minimum absolute atomic E-state index is 0.0179. The molecule has 1 saturated heterocycles. The number of ether oxygens (including phenoxy) is 2. The summed E-state index contributed by atoms with van der Waals surface area (Å²) in [6.07, 6.45) is 5.55. The molecule has 3 unspecified atom stereocenters. The molecule has 6 heteroatoms. The van der Waals surface area contributed by atoms with Crippen molar-refractivity contribution in [3.8, 4) is 5.88 Å². The normalized spacial score (nSPS) is 28.6. The van der Waals surface area contributed by atoms with Crippen molar-refractivity contribution in [3.05, 3.63) is 22.8 Å². The van der Waals surface area contributed by atoms with Crippen LogP contribution in [0.25, 0.3) is 0 Å². The third kappa shape index (κ3) is 4.85. The number of hydrogen-bond acceptors (Lipinski definition) is 4. The van der Waals surface area contributed by atoms with E-state index in [0.29, 0.717) is 35.6 Å². The Hall–Kier alpha value is -1.33. The molecule has 1 amide bonds. The van der Waals surface area contributed by atoms with Gasteiger partial charge < -0.3 is 14.8 Å². The summed E-state index contributed by atoms with van der Waals surface area (Å²) in [7, 11) is 0. The fourth-order valence-electron chi connectivity index (χ4n) is 4.12. The van der Waals surface area contributed by atoms with Gasteiger partial charge in [-0.1, -0.05) is 32.4 Å². The standard InChI is InChI=1S/C19H27ClN2O3/c1-12-6-14(9-19(2,3)8-12)22-17(23)13-7-16(20)18(21-10-13)25-15-4-5-24-11-15/h7,10,12,14-15H,4-6,8-9,11H2,1-3H3,(H,22,23). The molecule has 2 aliphatic rings. The van der Waals surface area contributed by atoms with E-state index >= 15 is 0 Å². The maximum absolute atomic E-state index is 12.6. The molecule has 1 N–H and O–H groups in total. The first-order valence-corrected chi connectivity index (χ1v) is 9.41. The van der Waals surface area contributed by atoms with Crippen molar-refractivity contribution >= 4 is 17.5 Å². The van der Waals surface area contributed by atoms with Gasteiger partial charge in [0.15, 0.2) is 0 Å². The van der Waals surface area contributed by atoms with E-state index in [-0.39, 0.29) is 23.5 Å². The van der Waals surface area contributed by atoms with E-state index in [4.69, 9.17) is 21.1 Å². The van der Waals surface area contributed by atoms with Crippen LogP contribution in [0, 0.1) is 11.3 Å². The minimum Gasteiger partial charge on any atom is -0.471 e. The second kappa shape index (κ2) is 7.50. The lowest BCUT2D eigenvalue weighted by molar-refractivity contribution is 0.0873. The second-order valence-corrected chi connectivity index (χ2v) is 8.61. The summed E-state index contributed by atoms with van der Waals surface area (Å²) in [4.78, 5) is 16.8. The summed E-state index contributed by atoms with van der Waals surface area (Å²) < 4.78 is 11.0. The number of rotatable bonds is 4. The van der Waals surface area contributed by atoms with E-state index in [2.05, 4.69) is 31.1 Å². The number of halogens is 1. The van der Waals surface area contributed by atoms with Crippen molar-refractivity contribution in [3.63, 3.8) is 0 Å². The summed E-state index contributed by atoms with van der Waals surface area (Å²) in [6, 6.07) is 1.82. The number of hydrogen-bond donors (Lipinski definition) is 1. The van der Waals surface area contributed by atoms with Crippen molar-refractivity contribution in [2.75, 3.05) is 13.2 Å². The van der Waals surface area contributed by atoms with Crippen LogP contribution in [0.3, 0.4) is 0 Å². The first-order valence-electron chi connectivity index (χ1n) is 9.03. The highest BCUT2D eigenvalue weighted by Gasteiger charge is 2.33. The molecule has 2 fully saturated rings. The molecule has 1 aliphatic heterocycles. The molecule has 138 valence electrons. The van der Waals surface area contributed by atoms with Crippen LogP contribution in [0.4, 0.5) is 0 Å². The zero-order valence-corrected chi connectivity index (χ0v) is 15.9. The first kappa shape index (κ1) is 18.5. The molecule has 1 aromatic rings. The van der Waals surface area contributed by atoms with E-state index in [9.17, 15) is 4.79 Å². The van der Waals surface area contributed by atoms with Gasteiger partial charge in [0.1, 0.15) is 11.1 Å². The highest BCUT2D eigenvalue weighted by Crippen LogP contribution is 2.38. The predicted molar refractivity (Wildman–Crippen MR) is 97.1 cm³/mol. The number of pyridine rings is 1. The van der Waals surface area contributed by atoms with Crippen LogP contribution in [0.1, 0.15) is 56.8 Å². The van der Waals surface area contributed by atoms with E-state index in [1.807, 2.05) is 0 Å². The topological polar surface area (TPSA) is 60.5 Å². The Morgan fingerprint density at radius 2 is 2.24 bits per heavy atom. The van der Waals surface area contributed by atoms with Gasteiger partial charge in [0, 0.05) is 18.7 Å². The zero-order chi connectivity index (χ0) is 18.0. The molecule has 5 nitrogen and oxygen atoms in total. The molecule has 1 aliphatic carbocycles. The Kier molecular flexibility index (Phi) is 5.54. The van der Waals surface area contributed by atoms with Crippen LogP contribution in [0.5, 0.6) is 5.88 Å². The van der Waals surface area contributed by atoms with E-state index < -0.39 is 0 Å². The third-order valence-electron chi connectivity index (χ3n) is 4.96. The lowest BCUT2D eigenvalue weighted by atomic mass is 9.70. The monoisotopic (exact) mass is 366 g/mol. The molecule has 2 heterocycles. The molecule has 3 atom stereocenters. The quantitative estimate of drug-likeness (QED) is 0.879. The Bertz CT molecular complexity index is 629. The summed E-state index contributed by atoms with van der Waals surface area (Å²) in [5.74, 6) is 0.848. The van der Waals surface area contributed by atoms with E-state index in [1.54, 1.807) is 6.07 Å². The molecule has 3 rings (SSSR count). The molecule has 0 spiro atoms. The van der Waals surface area contributed by atoms with Crippen LogP contribution in [-0.2, 0) is 4.74 Å². The zero-order valence-electron chi connectivity index (χ0n) is 15.2. The second-order valence-electron chi connectivity index (χ2n) is 8.20. The van der Waals surface area contributed by atoms with Gasteiger partial charge in [0.2, 0.25) is 5.88 Å². The lowest BCUT2D eigenvalue weighted by Crippen LogP contribution is -2.43. The highest BCUT2D eigenvalue weighted by atomic mass is 35.5. The molecule has 0 radical (unpaired) electrons. The van der Waals surface area contributed by atoms with Crippen LogP contribution in [-0.4, -0.2) is 36.3 Å². The van der Waals surface area contributed by atoms with Crippen molar-refractivity contribution in [2.24, 2.45) is 11.3 Å². The first-order chi connectivity index (χ1) is 11.8. The van der Waals surface area contributed by atoms with Gasteiger partial charge in [0.05, 0.1) is 18.8 Å². The average Bonchev–Trinajstić information content (AvgIpc) is 3.00. The maximum atomic E-state index is 12.6. The molecule has 1 saturated carbocycles. The van der Waals surface area contributed by atoms with Gasteiger partial charge in [-0.25, -0.2) is 4.98 Å². The largest absolute Gasteiger partial charge is 0.471 e. The minimum atomic E-state index is -0.125. The number of aromatic nitrogens is 1. The average molecular weight is 367 g/mol. The summed E-state index contributed by atoms with van der Waals surface area (Å²) in [5, 5.41) is 3.50. The van der Waals surface area contributed by atoms with E-state index in [1.165, 1.54) is 12.6 Å². The van der Waals surface area contributed by atoms with Crippen molar-refractivity contribution in [1.82, 2.24) is 10.3 Å². The van der Waals surface area contributed by atoms with Crippen LogP contribution >= 0.6 is 11.6 Å². The highest BCUT2D eigenvalue weighted by molar-refractivity contribution is 6.32. The molecular formula is C19H27ClN2O3. The molecule has 25 heavy (non-hydrogen) atoms. The Morgan fingerprint density at radius 3 is 2.88 bits per heavy atom. The van der Waals surface area contributed by atoms with Gasteiger partial charge in [-0.2, -0.15) is 0 Å². The molecule has 0 bridgehead atoms. The Morgan fingerprint density at radius 1 is 1.44 bits per heavy atom. The molecular weight excluding hydrogens is 340 g/mol. The predicted octanol–water partition coefficient (Wildman–Crippen LogP) is 3.85. The SMILES string of the molecule is CC1CC(NC(=O)c2cnc(OC3CCOC3)c(Cl)c2)CC(C)(C)C1. The van der Waals surface area contributed by atoms with Gasteiger partial charge in [-0.3, -0.25) is 4.79 Å². The van der Waals surface area contributed by atoms with Gasteiger partial charge in [0.25, 0.3) is 5.91 Å². The smallest absolute Gasteiger partial charge is 0.253 e. The summed E-state index contributed by atoms with van der Waals surface area (Å²) >= 11 is 6.25. The maximum Gasteiger partial charge on any atom is 0.253 e. The summed E-state index contributed by atoms with van der Waals surface area (Å²) in [6.45, 7) is 8.02. The summed E-state index contributed by atoms with van der Waals surface area (Å²) in [5.41, 5.74) is 0.725. The number of carbonyl (C=O) groups is 1.